The molecule has 0 saturated heterocycles. The van der Waals surface area contributed by atoms with Crippen LogP contribution < -0.4 is 5.32 Å². The highest BCUT2D eigenvalue weighted by Crippen LogP contribution is 2.28. The Morgan fingerprint density at radius 3 is 2.90 bits per heavy atom. The van der Waals surface area contributed by atoms with Crippen molar-refractivity contribution in [3.63, 3.8) is 0 Å². The Balaban J connectivity index is 1.88. The van der Waals surface area contributed by atoms with E-state index in [1.165, 1.54) is 0 Å². The maximum Gasteiger partial charge on any atom is 0.317 e. The molecule has 1 heterocycles. The van der Waals surface area contributed by atoms with Crippen LogP contribution in [0.3, 0.4) is 0 Å². The zero-order valence-corrected chi connectivity index (χ0v) is 12.5. The number of likely N-dealkylation sites (N-methyl/N-ethyl adjacent to an activating group) is 1. The first-order chi connectivity index (χ1) is 10.0. The number of carbonyl (C=O) groups is 1. The number of nitriles is 1. The molecule has 21 heavy (non-hydrogen) atoms. The maximum atomic E-state index is 10.8. The van der Waals surface area contributed by atoms with E-state index < -0.39 is 5.97 Å². The molecule has 0 aromatic carbocycles. The van der Waals surface area contributed by atoms with Gasteiger partial charge >= 0.3 is 5.97 Å². The fourth-order valence-corrected chi connectivity index (χ4v) is 2.63. The summed E-state index contributed by atoms with van der Waals surface area (Å²) in [4.78, 5) is 16.9. The molecule has 0 atom stereocenters. The molecule has 0 aliphatic heterocycles. The molecule has 1 aromatic rings. The van der Waals surface area contributed by atoms with Crippen molar-refractivity contribution in [2.45, 2.75) is 31.8 Å². The van der Waals surface area contributed by atoms with E-state index in [-0.39, 0.29) is 24.3 Å². The number of anilines is 1. The minimum absolute atomic E-state index is 0.0751. The highest BCUT2D eigenvalue weighted by Gasteiger charge is 2.33. The van der Waals surface area contributed by atoms with Gasteiger partial charge in [0, 0.05) is 12.1 Å². The van der Waals surface area contributed by atoms with Crippen LogP contribution in [0.5, 0.6) is 0 Å². The van der Waals surface area contributed by atoms with Crippen LogP contribution >= 0.6 is 11.6 Å². The van der Waals surface area contributed by atoms with Gasteiger partial charge in [-0.25, -0.2) is 4.98 Å². The molecule has 1 saturated carbocycles. The van der Waals surface area contributed by atoms with Crippen molar-refractivity contribution >= 4 is 23.4 Å². The molecule has 2 N–H and O–H groups in total. The number of rotatable bonds is 6. The lowest BCUT2D eigenvalue weighted by molar-refractivity contribution is -0.139. The number of aromatic nitrogens is 1. The van der Waals surface area contributed by atoms with E-state index in [1.807, 2.05) is 17.9 Å². The monoisotopic (exact) mass is 308 g/mol. The Labute approximate surface area is 128 Å². The zero-order valence-electron chi connectivity index (χ0n) is 11.7. The van der Waals surface area contributed by atoms with Gasteiger partial charge in [0.25, 0.3) is 0 Å². The lowest BCUT2D eigenvalue weighted by Crippen LogP contribution is -2.51. The van der Waals surface area contributed by atoms with Crippen molar-refractivity contribution in [1.29, 1.82) is 5.26 Å². The van der Waals surface area contributed by atoms with Crippen molar-refractivity contribution in [3.8, 4) is 6.07 Å². The van der Waals surface area contributed by atoms with Gasteiger partial charge in [0.05, 0.1) is 11.6 Å². The van der Waals surface area contributed by atoms with Gasteiger partial charge in [0.2, 0.25) is 0 Å². The normalized spacial score (nSPS) is 20.7. The van der Waals surface area contributed by atoms with Gasteiger partial charge in [-0.15, -0.1) is 0 Å². The number of hydrogen-bond donors (Lipinski definition) is 2. The van der Waals surface area contributed by atoms with Gasteiger partial charge in [0.15, 0.2) is 5.69 Å². The van der Waals surface area contributed by atoms with Gasteiger partial charge in [-0.05, 0) is 31.5 Å². The van der Waals surface area contributed by atoms with Crippen LogP contribution in [0.1, 0.15) is 25.5 Å². The summed E-state index contributed by atoms with van der Waals surface area (Å²) in [7, 11) is 0. The lowest BCUT2D eigenvalue weighted by Gasteiger charge is -2.42. The molecule has 1 aliphatic carbocycles. The van der Waals surface area contributed by atoms with Crippen molar-refractivity contribution < 1.29 is 9.90 Å². The molecule has 0 radical (unpaired) electrons. The number of nitrogens with one attached hydrogen (secondary N) is 1. The van der Waals surface area contributed by atoms with Gasteiger partial charge in [-0.2, -0.15) is 5.26 Å². The Hall–Kier alpha value is -1.84. The largest absolute Gasteiger partial charge is 0.480 e. The molecule has 7 heteroatoms. The maximum absolute atomic E-state index is 10.8. The fourth-order valence-electron chi connectivity index (χ4n) is 2.49. The van der Waals surface area contributed by atoms with Crippen molar-refractivity contribution in [2.24, 2.45) is 0 Å². The first-order valence-electron chi connectivity index (χ1n) is 6.82. The summed E-state index contributed by atoms with van der Waals surface area (Å²) in [6.07, 6.45) is 1.74. The summed E-state index contributed by atoms with van der Waals surface area (Å²) in [5.41, 5.74) is 0.207. The minimum Gasteiger partial charge on any atom is -0.480 e. The van der Waals surface area contributed by atoms with E-state index in [9.17, 15) is 4.79 Å². The predicted octanol–water partition coefficient (Wildman–Crippen LogP) is 1.96. The minimum atomic E-state index is -0.800. The third kappa shape index (κ3) is 3.84. The first-order valence-corrected chi connectivity index (χ1v) is 7.20. The Morgan fingerprint density at radius 1 is 1.62 bits per heavy atom. The molecule has 0 unspecified atom stereocenters. The number of nitrogens with zero attached hydrogens (tertiary/aromatic N) is 3. The van der Waals surface area contributed by atoms with E-state index >= 15 is 0 Å². The van der Waals surface area contributed by atoms with Gasteiger partial charge < -0.3 is 10.4 Å². The van der Waals surface area contributed by atoms with Gasteiger partial charge in [0.1, 0.15) is 11.9 Å². The van der Waals surface area contributed by atoms with E-state index in [0.717, 1.165) is 19.4 Å². The standard InChI is InChI=1S/C14H17ClN4O2/c1-2-19(8-14(20)21)10-5-9(6-10)17-13-4-3-11(15)12(7-16)18-13/h3-4,9-10H,2,5-6,8H2,1H3,(H,17,18)(H,20,21). The number of aliphatic carboxylic acids is 1. The summed E-state index contributed by atoms with van der Waals surface area (Å²) in [6.45, 7) is 2.76. The number of pyridine rings is 1. The summed E-state index contributed by atoms with van der Waals surface area (Å²) in [6, 6.07) is 5.87. The van der Waals surface area contributed by atoms with Crippen LogP contribution in [0.4, 0.5) is 5.82 Å². The Kier molecular flexibility index (Phi) is 4.99. The van der Waals surface area contributed by atoms with E-state index in [0.29, 0.717) is 10.8 Å². The Morgan fingerprint density at radius 2 is 2.33 bits per heavy atom. The summed E-state index contributed by atoms with van der Waals surface area (Å²) in [5.74, 6) is -0.174. The molecule has 1 fully saturated rings. The molecular weight excluding hydrogens is 292 g/mol. The molecular formula is C14H17ClN4O2. The molecule has 0 bridgehead atoms. The smallest absolute Gasteiger partial charge is 0.317 e. The van der Waals surface area contributed by atoms with Crippen LogP contribution in [0.25, 0.3) is 0 Å². The van der Waals surface area contributed by atoms with Gasteiger partial charge in [-0.1, -0.05) is 18.5 Å². The second-order valence-electron chi connectivity index (χ2n) is 5.06. The van der Waals surface area contributed by atoms with E-state index in [4.69, 9.17) is 22.0 Å². The van der Waals surface area contributed by atoms with Crippen LogP contribution in [-0.4, -0.2) is 46.1 Å². The van der Waals surface area contributed by atoms with E-state index in [1.54, 1.807) is 12.1 Å². The highest BCUT2D eigenvalue weighted by atomic mass is 35.5. The number of hydrogen-bond acceptors (Lipinski definition) is 5. The van der Waals surface area contributed by atoms with Gasteiger partial charge in [-0.3, -0.25) is 9.69 Å². The quantitative estimate of drug-likeness (QED) is 0.835. The lowest BCUT2D eigenvalue weighted by atomic mass is 9.85. The molecule has 6 nitrogen and oxygen atoms in total. The molecule has 1 aromatic heterocycles. The zero-order chi connectivity index (χ0) is 15.4. The highest BCUT2D eigenvalue weighted by molar-refractivity contribution is 6.31. The van der Waals surface area contributed by atoms with Crippen LogP contribution in [-0.2, 0) is 4.79 Å². The van der Waals surface area contributed by atoms with Crippen molar-refractivity contribution in [1.82, 2.24) is 9.88 Å². The SMILES string of the molecule is CCN(CC(=O)O)C1CC(Nc2ccc(Cl)c(C#N)n2)C1. The Bertz CT molecular complexity index is 567. The molecule has 0 spiro atoms. The molecule has 2 rings (SSSR count). The average molecular weight is 309 g/mol. The summed E-state index contributed by atoms with van der Waals surface area (Å²) >= 11 is 5.84. The average Bonchev–Trinajstić information content (AvgIpc) is 2.41. The second kappa shape index (κ2) is 6.74. The summed E-state index contributed by atoms with van der Waals surface area (Å²) in [5, 5.41) is 21.3. The van der Waals surface area contributed by atoms with Crippen LogP contribution in [0.15, 0.2) is 12.1 Å². The van der Waals surface area contributed by atoms with Crippen molar-refractivity contribution in [3.05, 3.63) is 22.8 Å². The number of halogens is 1. The predicted molar refractivity (Wildman–Crippen MR) is 79.3 cm³/mol. The molecule has 112 valence electrons. The third-order valence-corrected chi connectivity index (χ3v) is 3.98. The number of carboxylic acid groups (broad SMARTS) is 1. The molecule has 0 amide bonds. The molecule has 1 aliphatic rings. The number of carboxylic acids is 1. The summed E-state index contributed by atoms with van der Waals surface area (Å²) < 4.78 is 0. The van der Waals surface area contributed by atoms with Crippen molar-refractivity contribution in [2.75, 3.05) is 18.4 Å². The topological polar surface area (TPSA) is 89.3 Å². The fraction of sp³-hybridized carbons (Fsp3) is 0.500. The first kappa shape index (κ1) is 15.5. The van der Waals surface area contributed by atoms with Crippen LogP contribution in [0, 0.1) is 11.3 Å². The third-order valence-electron chi connectivity index (χ3n) is 3.68. The van der Waals surface area contributed by atoms with Crippen LogP contribution in [0.2, 0.25) is 5.02 Å². The second-order valence-corrected chi connectivity index (χ2v) is 5.47. The van der Waals surface area contributed by atoms with E-state index in [2.05, 4.69) is 10.3 Å².